The molecule has 70 valence electrons. The quantitative estimate of drug-likeness (QED) is 0.684. The number of nitrogens with one attached hydrogen (secondary N) is 1. The SMILES string of the molecule is Nc1ncnc(Nc2cnccn2)n1. The summed E-state index contributed by atoms with van der Waals surface area (Å²) in [5.74, 6) is 1.06. The molecule has 2 rings (SSSR count). The zero-order valence-corrected chi connectivity index (χ0v) is 7.12. The minimum atomic E-state index is 0.159. The van der Waals surface area contributed by atoms with Gasteiger partial charge in [-0.2, -0.15) is 4.98 Å². The molecule has 14 heavy (non-hydrogen) atoms. The molecule has 0 aliphatic rings. The molecule has 0 aliphatic carbocycles. The summed E-state index contributed by atoms with van der Waals surface area (Å²) in [6, 6.07) is 0. The fraction of sp³-hybridized carbons (Fsp3) is 0. The standard InChI is InChI=1S/C7H7N7/c8-6-11-4-12-7(14-6)13-5-3-9-1-2-10-5/h1-4H,(H3,8,10,11,12,13,14). The van der Waals surface area contributed by atoms with Crippen LogP contribution < -0.4 is 11.1 Å². The van der Waals surface area contributed by atoms with Crippen LogP contribution in [0.25, 0.3) is 0 Å². The molecule has 0 unspecified atom stereocenters. The maximum absolute atomic E-state index is 5.37. The van der Waals surface area contributed by atoms with Crippen LogP contribution in [-0.4, -0.2) is 24.9 Å². The van der Waals surface area contributed by atoms with Crippen LogP contribution >= 0.6 is 0 Å². The Kier molecular flexibility index (Phi) is 2.14. The number of rotatable bonds is 2. The van der Waals surface area contributed by atoms with E-state index < -0.39 is 0 Å². The maximum atomic E-state index is 5.37. The van der Waals surface area contributed by atoms with Crippen LogP contribution in [0.1, 0.15) is 0 Å². The average molecular weight is 189 g/mol. The van der Waals surface area contributed by atoms with Crippen molar-refractivity contribution in [2.75, 3.05) is 11.1 Å². The Bertz CT molecular complexity index is 415. The highest BCUT2D eigenvalue weighted by molar-refractivity contribution is 5.46. The molecule has 0 spiro atoms. The normalized spacial score (nSPS) is 9.71. The molecule has 3 N–H and O–H groups in total. The molecule has 2 heterocycles. The molecule has 7 nitrogen and oxygen atoms in total. The van der Waals surface area contributed by atoms with E-state index in [9.17, 15) is 0 Å². The first-order valence-electron chi connectivity index (χ1n) is 3.82. The second kappa shape index (κ2) is 3.60. The fourth-order valence-corrected chi connectivity index (χ4v) is 0.847. The Hall–Kier alpha value is -2.31. The lowest BCUT2D eigenvalue weighted by atomic mass is 10.6. The molecule has 0 atom stereocenters. The summed E-state index contributed by atoms with van der Waals surface area (Å²) >= 11 is 0. The van der Waals surface area contributed by atoms with Gasteiger partial charge < -0.3 is 11.1 Å². The van der Waals surface area contributed by atoms with Crippen molar-refractivity contribution in [1.82, 2.24) is 24.9 Å². The van der Waals surface area contributed by atoms with Gasteiger partial charge in [0.05, 0.1) is 6.20 Å². The lowest BCUT2D eigenvalue weighted by molar-refractivity contribution is 1.06. The first-order valence-corrected chi connectivity index (χ1v) is 3.82. The van der Waals surface area contributed by atoms with E-state index in [0.29, 0.717) is 11.8 Å². The number of nitrogen functional groups attached to an aromatic ring is 1. The fourth-order valence-electron chi connectivity index (χ4n) is 0.847. The lowest BCUT2D eigenvalue weighted by Gasteiger charge is -2.01. The second-order valence-electron chi connectivity index (χ2n) is 2.38. The van der Waals surface area contributed by atoms with Gasteiger partial charge in [-0.1, -0.05) is 0 Å². The maximum Gasteiger partial charge on any atom is 0.233 e. The van der Waals surface area contributed by atoms with Crippen molar-refractivity contribution in [2.24, 2.45) is 0 Å². The Morgan fingerprint density at radius 1 is 1.14 bits per heavy atom. The molecule has 2 aromatic rings. The van der Waals surface area contributed by atoms with Gasteiger partial charge in [-0.3, -0.25) is 4.98 Å². The average Bonchev–Trinajstić information content (AvgIpc) is 2.19. The minimum Gasteiger partial charge on any atom is -0.368 e. The molecule has 0 saturated carbocycles. The van der Waals surface area contributed by atoms with Crippen molar-refractivity contribution >= 4 is 17.7 Å². The van der Waals surface area contributed by atoms with Crippen LogP contribution in [0, 0.1) is 0 Å². The van der Waals surface area contributed by atoms with Crippen LogP contribution in [0.2, 0.25) is 0 Å². The summed E-state index contributed by atoms with van der Waals surface area (Å²) in [4.78, 5) is 19.2. The van der Waals surface area contributed by atoms with Crippen molar-refractivity contribution in [3.63, 3.8) is 0 Å². The number of anilines is 3. The molecule has 0 fully saturated rings. The number of hydrogen-bond acceptors (Lipinski definition) is 7. The summed E-state index contributed by atoms with van der Waals surface area (Å²) in [5.41, 5.74) is 5.37. The Labute approximate surface area is 79.5 Å². The van der Waals surface area contributed by atoms with Crippen molar-refractivity contribution < 1.29 is 0 Å². The van der Waals surface area contributed by atoms with Gasteiger partial charge in [0.25, 0.3) is 0 Å². The summed E-state index contributed by atoms with van der Waals surface area (Å²) in [6.07, 6.45) is 6.01. The minimum absolute atomic E-state index is 0.159. The molecule has 0 aliphatic heterocycles. The topological polar surface area (TPSA) is 102 Å². The Morgan fingerprint density at radius 2 is 2.07 bits per heavy atom. The van der Waals surface area contributed by atoms with Gasteiger partial charge in [0.15, 0.2) is 5.82 Å². The van der Waals surface area contributed by atoms with E-state index in [1.54, 1.807) is 18.6 Å². The monoisotopic (exact) mass is 189 g/mol. The van der Waals surface area contributed by atoms with Crippen molar-refractivity contribution in [3.05, 3.63) is 24.9 Å². The largest absolute Gasteiger partial charge is 0.368 e. The van der Waals surface area contributed by atoms with E-state index in [1.807, 2.05) is 0 Å². The van der Waals surface area contributed by atoms with Crippen LogP contribution in [0.15, 0.2) is 24.9 Å². The van der Waals surface area contributed by atoms with E-state index in [2.05, 4.69) is 30.2 Å². The van der Waals surface area contributed by atoms with E-state index in [0.717, 1.165) is 0 Å². The van der Waals surface area contributed by atoms with Gasteiger partial charge in [-0.05, 0) is 0 Å². The van der Waals surface area contributed by atoms with Crippen molar-refractivity contribution in [1.29, 1.82) is 0 Å². The third kappa shape index (κ3) is 1.89. The third-order valence-electron chi connectivity index (χ3n) is 1.39. The van der Waals surface area contributed by atoms with Crippen molar-refractivity contribution in [2.45, 2.75) is 0 Å². The first kappa shape index (κ1) is 8.30. The Morgan fingerprint density at radius 3 is 2.79 bits per heavy atom. The highest BCUT2D eigenvalue weighted by Gasteiger charge is 1.98. The molecule has 0 radical (unpaired) electrons. The molecule has 0 bridgehead atoms. The van der Waals surface area contributed by atoms with Gasteiger partial charge in [0.2, 0.25) is 11.9 Å². The van der Waals surface area contributed by atoms with Crippen LogP contribution in [0.4, 0.5) is 17.7 Å². The van der Waals surface area contributed by atoms with Gasteiger partial charge in [-0.25, -0.2) is 15.0 Å². The third-order valence-corrected chi connectivity index (χ3v) is 1.39. The molecular weight excluding hydrogens is 182 g/mol. The zero-order chi connectivity index (χ0) is 9.80. The lowest BCUT2D eigenvalue weighted by Crippen LogP contribution is -2.02. The molecular formula is C7H7N7. The van der Waals surface area contributed by atoms with Crippen LogP contribution in [0.5, 0.6) is 0 Å². The molecule has 2 aromatic heterocycles. The zero-order valence-electron chi connectivity index (χ0n) is 7.12. The number of hydrogen-bond donors (Lipinski definition) is 2. The highest BCUT2D eigenvalue weighted by atomic mass is 15.2. The Balaban J connectivity index is 2.19. The summed E-state index contributed by atoms with van der Waals surface area (Å²) in [5, 5.41) is 2.83. The van der Waals surface area contributed by atoms with Gasteiger partial charge in [0, 0.05) is 12.4 Å². The first-order chi connectivity index (χ1) is 6.84. The molecule has 7 heteroatoms. The highest BCUT2D eigenvalue weighted by Crippen LogP contribution is 2.06. The van der Waals surface area contributed by atoms with Crippen LogP contribution in [0.3, 0.4) is 0 Å². The van der Waals surface area contributed by atoms with E-state index in [-0.39, 0.29) is 5.95 Å². The van der Waals surface area contributed by atoms with E-state index in [1.165, 1.54) is 6.33 Å². The van der Waals surface area contributed by atoms with E-state index >= 15 is 0 Å². The predicted octanol–water partition coefficient (Wildman–Crippen LogP) is -0.0126. The smallest absolute Gasteiger partial charge is 0.233 e. The van der Waals surface area contributed by atoms with Gasteiger partial charge in [0.1, 0.15) is 6.33 Å². The number of nitrogens with two attached hydrogens (primary N) is 1. The molecule has 0 saturated heterocycles. The predicted molar refractivity (Wildman–Crippen MR) is 49.6 cm³/mol. The van der Waals surface area contributed by atoms with Gasteiger partial charge >= 0.3 is 0 Å². The van der Waals surface area contributed by atoms with E-state index in [4.69, 9.17) is 5.73 Å². The second-order valence-corrected chi connectivity index (χ2v) is 2.38. The van der Waals surface area contributed by atoms with Gasteiger partial charge in [-0.15, -0.1) is 0 Å². The number of aromatic nitrogens is 5. The van der Waals surface area contributed by atoms with Crippen LogP contribution in [-0.2, 0) is 0 Å². The number of nitrogens with zero attached hydrogens (tertiary/aromatic N) is 5. The molecule has 0 amide bonds. The van der Waals surface area contributed by atoms with Crippen molar-refractivity contribution in [3.8, 4) is 0 Å². The summed E-state index contributed by atoms with van der Waals surface area (Å²) in [6.45, 7) is 0. The molecule has 0 aromatic carbocycles. The summed E-state index contributed by atoms with van der Waals surface area (Å²) in [7, 11) is 0. The summed E-state index contributed by atoms with van der Waals surface area (Å²) < 4.78 is 0.